The van der Waals surface area contributed by atoms with E-state index in [0.717, 1.165) is 31.8 Å². The summed E-state index contributed by atoms with van der Waals surface area (Å²) in [5.41, 5.74) is 0. The van der Waals surface area contributed by atoms with E-state index in [4.69, 9.17) is 0 Å². The Hall–Kier alpha value is -0.460. The van der Waals surface area contributed by atoms with E-state index < -0.39 is 0 Å². The average molecular weight is 322 g/mol. The summed E-state index contributed by atoms with van der Waals surface area (Å²) in [6.07, 6.45) is 1.54. The van der Waals surface area contributed by atoms with Gasteiger partial charge < -0.3 is 15.1 Å². The van der Waals surface area contributed by atoms with Gasteiger partial charge in [-0.1, -0.05) is 6.92 Å². The summed E-state index contributed by atoms with van der Waals surface area (Å²) in [6, 6.07) is -0.231. The zero-order valence-electron chi connectivity index (χ0n) is 12.1. The SMILES string of the molecule is CCC(=O)N1CSCC1C(=O)N1CCC(CNC)C1.Cl. The predicted octanol–water partition coefficient (Wildman–Crippen LogP) is 0.788. The molecule has 1 N–H and O–H groups in total. The molecule has 2 heterocycles. The minimum absolute atomic E-state index is 0. The van der Waals surface area contributed by atoms with Crippen LogP contribution in [0.3, 0.4) is 0 Å². The number of hydrogen-bond donors (Lipinski definition) is 1. The minimum Gasteiger partial charge on any atom is -0.341 e. The molecule has 2 fully saturated rings. The van der Waals surface area contributed by atoms with Gasteiger partial charge in [0.15, 0.2) is 0 Å². The van der Waals surface area contributed by atoms with Crippen LogP contribution in [-0.2, 0) is 9.59 Å². The highest BCUT2D eigenvalue weighted by Gasteiger charge is 2.38. The van der Waals surface area contributed by atoms with Gasteiger partial charge in [0.2, 0.25) is 11.8 Å². The molecule has 2 aliphatic heterocycles. The van der Waals surface area contributed by atoms with Gasteiger partial charge in [-0.05, 0) is 25.9 Å². The fraction of sp³-hybridized carbons (Fsp3) is 0.846. The summed E-state index contributed by atoms with van der Waals surface area (Å²) in [5.74, 6) is 2.20. The van der Waals surface area contributed by atoms with Crippen molar-refractivity contribution in [1.82, 2.24) is 15.1 Å². The number of carbonyl (C=O) groups excluding carboxylic acids is 2. The van der Waals surface area contributed by atoms with Gasteiger partial charge in [-0.2, -0.15) is 0 Å². The largest absolute Gasteiger partial charge is 0.341 e. The van der Waals surface area contributed by atoms with Crippen LogP contribution in [0.5, 0.6) is 0 Å². The molecule has 0 aromatic carbocycles. The molecule has 0 radical (unpaired) electrons. The molecule has 0 spiro atoms. The Bertz CT molecular complexity index is 357. The van der Waals surface area contributed by atoms with Gasteiger partial charge in [-0.15, -0.1) is 24.2 Å². The van der Waals surface area contributed by atoms with Gasteiger partial charge in [0.05, 0.1) is 5.88 Å². The normalized spacial score (nSPS) is 25.7. The van der Waals surface area contributed by atoms with Crippen LogP contribution in [0.15, 0.2) is 0 Å². The fourth-order valence-electron chi connectivity index (χ4n) is 2.79. The third-order valence-corrected chi connectivity index (χ3v) is 4.89. The number of thioether (sulfide) groups is 1. The molecule has 2 unspecified atom stereocenters. The first-order valence-electron chi connectivity index (χ1n) is 6.98. The summed E-state index contributed by atoms with van der Waals surface area (Å²) >= 11 is 1.68. The number of halogens is 1. The second kappa shape index (κ2) is 8.10. The van der Waals surface area contributed by atoms with Gasteiger partial charge in [0, 0.05) is 25.3 Å². The third kappa shape index (κ3) is 3.80. The minimum atomic E-state index is -0.231. The van der Waals surface area contributed by atoms with E-state index in [0.29, 0.717) is 18.2 Å². The Balaban J connectivity index is 0.00000200. The van der Waals surface area contributed by atoms with Gasteiger partial charge in [0.1, 0.15) is 6.04 Å². The average Bonchev–Trinajstić information content (AvgIpc) is 3.06. The van der Waals surface area contributed by atoms with Crippen molar-refractivity contribution in [3.63, 3.8) is 0 Å². The van der Waals surface area contributed by atoms with Gasteiger partial charge in [0.25, 0.3) is 0 Å². The number of hydrogen-bond acceptors (Lipinski definition) is 4. The van der Waals surface area contributed by atoms with Crippen LogP contribution in [0, 0.1) is 5.92 Å². The Labute approximate surface area is 131 Å². The Kier molecular flexibility index (Phi) is 7.12. The molecular formula is C13H24ClN3O2S. The molecule has 0 aliphatic carbocycles. The number of amides is 2. The van der Waals surface area contributed by atoms with Gasteiger partial charge in [-0.3, -0.25) is 9.59 Å². The Morgan fingerprint density at radius 1 is 1.40 bits per heavy atom. The van der Waals surface area contributed by atoms with E-state index in [1.54, 1.807) is 16.7 Å². The monoisotopic (exact) mass is 321 g/mol. The third-order valence-electron chi connectivity index (χ3n) is 3.88. The number of nitrogens with zero attached hydrogens (tertiary/aromatic N) is 2. The first-order valence-corrected chi connectivity index (χ1v) is 8.13. The molecule has 7 heteroatoms. The molecule has 2 amide bonds. The second-order valence-corrected chi connectivity index (χ2v) is 6.23. The summed E-state index contributed by atoms with van der Waals surface area (Å²) in [5, 5.41) is 3.17. The van der Waals surface area contributed by atoms with E-state index in [-0.39, 0.29) is 30.3 Å². The van der Waals surface area contributed by atoms with Crippen molar-refractivity contribution in [3.8, 4) is 0 Å². The summed E-state index contributed by atoms with van der Waals surface area (Å²) in [6.45, 7) is 4.47. The van der Waals surface area contributed by atoms with Crippen molar-refractivity contribution < 1.29 is 9.59 Å². The lowest BCUT2D eigenvalue weighted by Crippen LogP contribution is -2.48. The van der Waals surface area contributed by atoms with Crippen LogP contribution in [0.2, 0.25) is 0 Å². The number of nitrogens with one attached hydrogen (secondary N) is 1. The van der Waals surface area contributed by atoms with E-state index in [1.807, 2.05) is 18.9 Å². The van der Waals surface area contributed by atoms with E-state index in [9.17, 15) is 9.59 Å². The van der Waals surface area contributed by atoms with Crippen molar-refractivity contribution in [2.24, 2.45) is 5.92 Å². The Morgan fingerprint density at radius 3 is 2.80 bits per heavy atom. The van der Waals surface area contributed by atoms with E-state index in [1.165, 1.54) is 0 Å². The maximum atomic E-state index is 12.5. The van der Waals surface area contributed by atoms with Gasteiger partial charge >= 0.3 is 0 Å². The molecule has 0 aromatic heterocycles. The molecule has 2 atom stereocenters. The maximum absolute atomic E-state index is 12.5. The van der Waals surface area contributed by atoms with Crippen LogP contribution in [0.25, 0.3) is 0 Å². The van der Waals surface area contributed by atoms with Crippen LogP contribution in [-0.4, -0.2) is 66.0 Å². The predicted molar refractivity (Wildman–Crippen MR) is 84.1 cm³/mol. The molecule has 2 aliphatic rings. The highest BCUT2D eigenvalue weighted by Crippen LogP contribution is 2.25. The molecule has 0 aromatic rings. The molecular weight excluding hydrogens is 298 g/mol. The topological polar surface area (TPSA) is 52.7 Å². The van der Waals surface area contributed by atoms with Crippen molar-refractivity contribution in [1.29, 1.82) is 0 Å². The van der Waals surface area contributed by atoms with Crippen LogP contribution in [0.4, 0.5) is 0 Å². The lowest BCUT2D eigenvalue weighted by molar-refractivity contribution is -0.142. The zero-order chi connectivity index (χ0) is 13.8. The highest BCUT2D eigenvalue weighted by molar-refractivity contribution is 7.99. The lowest BCUT2D eigenvalue weighted by atomic mass is 10.1. The molecule has 0 bridgehead atoms. The van der Waals surface area contributed by atoms with Crippen molar-refractivity contribution in [2.75, 3.05) is 38.3 Å². The summed E-state index contributed by atoms with van der Waals surface area (Å²) < 4.78 is 0. The fourth-order valence-corrected chi connectivity index (χ4v) is 3.97. The number of carbonyl (C=O) groups is 2. The van der Waals surface area contributed by atoms with Crippen LogP contribution < -0.4 is 5.32 Å². The molecule has 116 valence electrons. The zero-order valence-corrected chi connectivity index (χ0v) is 13.8. The number of likely N-dealkylation sites (tertiary alicyclic amines) is 1. The highest BCUT2D eigenvalue weighted by atomic mass is 35.5. The van der Waals surface area contributed by atoms with Crippen LogP contribution in [0.1, 0.15) is 19.8 Å². The molecule has 2 rings (SSSR count). The first kappa shape index (κ1) is 17.6. The smallest absolute Gasteiger partial charge is 0.246 e. The van der Waals surface area contributed by atoms with Crippen LogP contribution >= 0.6 is 24.2 Å². The standard InChI is InChI=1S/C13H23N3O2S.ClH/c1-3-12(17)16-9-19-8-11(16)13(18)15-5-4-10(7-15)6-14-2;/h10-11,14H,3-9H2,1-2H3;1H. The quantitative estimate of drug-likeness (QED) is 0.831. The second-order valence-electron chi connectivity index (χ2n) is 5.23. The van der Waals surface area contributed by atoms with E-state index >= 15 is 0 Å². The first-order chi connectivity index (χ1) is 9.17. The van der Waals surface area contributed by atoms with Gasteiger partial charge in [-0.25, -0.2) is 0 Å². The summed E-state index contributed by atoms with van der Waals surface area (Å²) in [7, 11) is 1.94. The molecule has 5 nitrogen and oxygen atoms in total. The van der Waals surface area contributed by atoms with Crippen molar-refractivity contribution >= 4 is 36.0 Å². The van der Waals surface area contributed by atoms with Crippen molar-refractivity contribution in [2.45, 2.75) is 25.8 Å². The molecule has 2 saturated heterocycles. The number of rotatable bonds is 4. The summed E-state index contributed by atoms with van der Waals surface area (Å²) in [4.78, 5) is 28.1. The lowest BCUT2D eigenvalue weighted by Gasteiger charge is -2.27. The molecule has 0 saturated carbocycles. The molecule has 20 heavy (non-hydrogen) atoms. The Morgan fingerprint density at radius 2 is 2.15 bits per heavy atom. The van der Waals surface area contributed by atoms with Crippen molar-refractivity contribution in [3.05, 3.63) is 0 Å². The van der Waals surface area contributed by atoms with E-state index in [2.05, 4.69) is 5.32 Å². The maximum Gasteiger partial charge on any atom is 0.246 e.